The molecule has 27 heavy (non-hydrogen) atoms. The van der Waals surface area contributed by atoms with Gasteiger partial charge in [-0.05, 0) is 49.1 Å². The van der Waals surface area contributed by atoms with E-state index in [9.17, 15) is 9.90 Å². The van der Waals surface area contributed by atoms with Crippen LogP contribution in [0.2, 0.25) is 5.02 Å². The number of aliphatic hydroxyl groups excluding tert-OH is 1. The molecule has 1 aliphatic rings. The van der Waals surface area contributed by atoms with Crippen molar-refractivity contribution in [2.75, 3.05) is 38.7 Å². The third-order valence-corrected chi connectivity index (χ3v) is 5.60. The van der Waals surface area contributed by atoms with Crippen LogP contribution in [0.1, 0.15) is 28.8 Å². The fraction of sp³-hybridized carbons (Fsp3) is 0.409. The summed E-state index contributed by atoms with van der Waals surface area (Å²) in [6.45, 7) is 1.33. The number of amides is 1. The molecule has 5 heteroatoms. The lowest BCUT2D eigenvalue weighted by Crippen LogP contribution is -2.49. The van der Waals surface area contributed by atoms with Gasteiger partial charge in [0, 0.05) is 43.3 Å². The number of aliphatic hydroxyl groups is 1. The highest BCUT2D eigenvalue weighted by atomic mass is 35.5. The molecule has 1 amide bonds. The molecule has 0 saturated carbocycles. The summed E-state index contributed by atoms with van der Waals surface area (Å²) >= 11 is 6.13. The number of carbonyl (C=O) groups excluding carboxylic acids is 1. The van der Waals surface area contributed by atoms with Gasteiger partial charge >= 0.3 is 0 Å². The van der Waals surface area contributed by atoms with Gasteiger partial charge < -0.3 is 14.9 Å². The van der Waals surface area contributed by atoms with Crippen molar-refractivity contribution in [2.24, 2.45) is 5.41 Å². The predicted molar refractivity (Wildman–Crippen MR) is 111 cm³/mol. The zero-order valence-electron chi connectivity index (χ0n) is 16.0. The van der Waals surface area contributed by atoms with Crippen molar-refractivity contribution in [3.05, 3.63) is 64.7 Å². The fourth-order valence-electron chi connectivity index (χ4n) is 4.01. The predicted octanol–water partition coefficient (Wildman–Crippen LogP) is 3.86. The minimum absolute atomic E-state index is 0.0305. The van der Waals surface area contributed by atoms with Crippen molar-refractivity contribution in [1.82, 2.24) is 4.90 Å². The molecule has 1 atom stereocenters. The second-order valence-corrected chi connectivity index (χ2v) is 8.14. The van der Waals surface area contributed by atoms with E-state index in [4.69, 9.17) is 11.6 Å². The molecule has 2 aromatic carbocycles. The molecule has 0 spiro atoms. The van der Waals surface area contributed by atoms with Crippen LogP contribution >= 0.6 is 11.6 Å². The zero-order chi connectivity index (χ0) is 19.4. The van der Waals surface area contributed by atoms with Crippen molar-refractivity contribution >= 4 is 23.2 Å². The summed E-state index contributed by atoms with van der Waals surface area (Å²) in [6.07, 6.45) is 2.50. The molecule has 4 nitrogen and oxygen atoms in total. The van der Waals surface area contributed by atoms with Crippen molar-refractivity contribution in [2.45, 2.75) is 19.3 Å². The van der Waals surface area contributed by atoms with Crippen LogP contribution in [0.15, 0.2) is 48.5 Å². The first kappa shape index (κ1) is 19.7. The van der Waals surface area contributed by atoms with Crippen molar-refractivity contribution in [3.63, 3.8) is 0 Å². The largest absolute Gasteiger partial charge is 0.396 e. The van der Waals surface area contributed by atoms with Crippen LogP contribution in [0.5, 0.6) is 0 Å². The number of carbonyl (C=O) groups is 1. The number of para-hydroxylation sites is 1. The molecule has 0 aromatic heterocycles. The second-order valence-electron chi connectivity index (χ2n) is 7.71. The van der Waals surface area contributed by atoms with E-state index in [0.29, 0.717) is 23.6 Å². The normalized spacial score (nSPS) is 19.8. The maximum atomic E-state index is 13.2. The van der Waals surface area contributed by atoms with Gasteiger partial charge in [-0.3, -0.25) is 4.79 Å². The first-order chi connectivity index (χ1) is 12.9. The quantitative estimate of drug-likeness (QED) is 0.848. The number of piperidine rings is 1. The Balaban J connectivity index is 1.83. The molecular formula is C22H27ClN2O2. The Bertz CT molecular complexity index is 808. The molecule has 1 saturated heterocycles. The highest BCUT2D eigenvalue weighted by Crippen LogP contribution is 2.35. The van der Waals surface area contributed by atoms with Gasteiger partial charge in [0.2, 0.25) is 0 Å². The van der Waals surface area contributed by atoms with E-state index in [-0.39, 0.29) is 17.9 Å². The highest BCUT2D eigenvalue weighted by molar-refractivity contribution is 6.30. The summed E-state index contributed by atoms with van der Waals surface area (Å²) in [4.78, 5) is 17.1. The molecule has 144 valence electrons. The van der Waals surface area contributed by atoms with Crippen molar-refractivity contribution < 1.29 is 9.90 Å². The van der Waals surface area contributed by atoms with Gasteiger partial charge in [0.05, 0.1) is 12.2 Å². The molecule has 1 N–H and O–H groups in total. The summed E-state index contributed by atoms with van der Waals surface area (Å²) in [5.74, 6) is 0.0305. The minimum Gasteiger partial charge on any atom is -0.396 e. The van der Waals surface area contributed by atoms with Crippen LogP contribution in [-0.4, -0.2) is 49.7 Å². The van der Waals surface area contributed by atoms with Crippen LogP contribution in [0.3, 0.4) is 0 Å². The van der Waals surface area contributed by atoms with Crippen molar-refractivity contribution in [3.8, 4) is 0 Å². The Morgan fingerprint density at radius 3 is 2.70 bits per heavy atom. The lowest BCUT2D eigenvalue weighted by molar-refractivity contribution is 0.0272. The molecule has 1 aliphatic heterocycles. The molecule has 3 rings (SSSR count). The van der Waals surface area contributed by atoms with Gasteiger partial charge in [0.25, 0.3) is 5.91 Å². The van der Waals surface area contributed by atoms with Gasteiger partial charge in [0.1, 0.15) is 0 Å². The third-order valence-electron chi connectivity index (χ3n) is 5.37. The molecule has 1 fully saturated rings. The molecule has 1 unspecified atom stereocenters. The third kappa shape index (κ3) is 4.45. The standard InChI is InChI=1S/C22H27ClN2O2/c1-24(2)20-10-4-3-9-19(20)21(27)25-12-6-11-22(15-25,16-26)14-17-7-5-8-18(23)13-17/h3-5,7-10,13,26H,6,11-12,14-16H2,1-2H3. The first-order valence-electron chi connectivity index (χ1n) is 9.35. The first-order valence-corrected chi connectivity index (χ1v) is 9.73. The van der Waals surface area contributed by atoms with E-state index in [2.05, 4.69) is 0 Å². The van der Waals surface area contributed by atoms with E-state index in [1.54, 1.807) is 0 Å². The maximum Gasteiger partial charge on any atom is 0.255 e. The number of benzene rings is 2. The SMILES string of the molecule is CN(C)c1ccccc1C(=O)N1CCCC(CO)(Cc2cccc(Cl)c2)C1. The fourth-order valence-corrected chi connectivity index (χ4v) is 4.22. The van der Waals surface area contributed by atoms with Crippen LogP contribution in [0.4, 0.5) is 5.69 Å². The molecule has 2 aromatic rings. The summed E-state index contributed by atoms with van der Waals surface area (Å²) in [7, 11) is 3.89. The van der Waals surface area contributed by atoms with Gasteiger partial charge in [-0.25, -0.2) is 0 Å². The lowest BCUT2D eigenvalue weighted by atomic mass is 9.75. The number of likely N-dealkylation sites (tertiary alicyclic amines) is 1. The molecule has 1 heterocycles. The Kier molecular flexibility index (Phi) is 6.08. The topological polar surface area (TPSA) is 43.8 Å². The van der Waals surface area contributed by atoms with Crippen LogP contribution in [0, 0.1) is 5.41 Å². The van der Waals surface area contributed by atoms with Gasteiger partial charge in [-0.2, -0.15) is 0 Å². The number of nitrogens with zero attached hydrogens (tertiary/aromatic N) is 2. The lowest BCUT2D eigenvalue weighted by Gasteiger charge is -2.42. The van der Waals surface area contributed by atoms with E-state index >= 15 is 0 Å². The summed E-state index contributed by atoms with van der Waals surface area (Å²) in [5, 5.41) is 10.9. The molecule has 0 bridgehead atoms. The number of rotatable bonds is 5. The van der Waals surface area contributed by atoms with E-state index in [1.807, 2.05) is 72.4 Å². The van der Waals surface area contributed by atoms with Crippen LogP contribution in [0.25, 0.3) is 0 Å². The Morgan fingerprint density at radius 2 is 2.00 bits per heavy atom. The highest BCUT2D eigenvalue weighted by Gasteiger charge is 2.37. The summed E-state index contributed by atoms with van der Waals surface area (Å²) in [6, 6.07) is 15.4. The molecule has 0 radical (unpaired) electrons. The smallest absolute Gasteiger partial charge is 0.255 e. The molecular weight excluding hydrogens is 360 g/mol. The van der Waals surface area contributed by atoms with Gasteiger partial charge in [0.15, 0.2) is 0 Å². The summed E-state index contributed by atoms with van der Waals surface area (Å²) < 4.78 is 0. The van der Waals surface area contributed by atoms with Crippen LogP contribution < -0.4 is 4.90 Å². The average molecular weight is 387 g/mol. The maximum absolute atomic E-state index is 13.2. The monoisotopic (exact) mass is 386 g/mol. The second kappa shape index (κ2) is 8.32. The summed E-state index contributed by atoms with van der Waals surface area (Å²) in [5.41, 5.74) is 2.39. The van der Waals surface area contributed by atoms with Crippen LogP contribution in [-0.2, 0) is 6.42 Å². The van der Waals surface area contributed by atoms with Gasteiger partial charge in [-0.1, -0.05) is 35.9 Å². The Labute approximate surface area is 166 Å². The van der Waals surface area contributed by atoms with Crippen molar-refractivity contribution in [1.29, 1.82) is 0 Å². The number of halogens is 1. The Hall–Kier alpha value is -2.04. The average Bonchev–Trinajstić information content (AvgIpc) is 2.67. The van der Waals surface area contributed by atoms with Gasteiger partial charge in [-0.15, -0.1) is 0 Å². The van der Waals surface area contributed by atoms with E-state index in [0.717, 1.165) is 30.6 Å². The van der Waals surface area contributed by atoms with E-state index in [1.165, 1.54) is 0 Å². The molecule has 0 aliphatic carbocycles. The Morgan fingerprint density at radius 1 is 1.22 bits per heavy atom. The number of hydrogen-bond donors (Lipinski definition) is 1. The minimum atomic E-state index is -0.328. The zero-order valence-corrected chi connectivity index (χ0v) is 16.7. The number of hydrogen-bond acceptors (Lipinski definition) is 3. The number of anilines is 1. The van der Waals surface area contributed by atoms with E-state index < -0.39 is 0 Å².